The van der Waals surface area contributed by atoms with Gasteiger partial charge in [0, 0.05) is 18.5 Å². The molecule has 17 heteroatoms. The van der Waals surface area contributed by atoms with E-state index in [0.29, 0.717) is 34.7 Å². The zero-order valence-electron chi connectivity index (χ0n) is 23.4. The number of imide groups is 2. The molecule has 5 amide bonds. The standard InChI is InChI=1S/C27H31FN6O10/c28-12-3-4-17-15-32(31-30-17)18-8-6-16(7-9-18)24(39)29-13-2-1-5-19(25(40)41)33-21(35)14-22(36)34(27(33)44)20(26(42)43)10-11-23(37)38/h6-9,15,19-20H,1-5,10-14H2,(H,29,39)(H,37,38)(H,40,41)(H,42,43)/t19?,20-/m0/s1. The van der Waals surface area contributed by atoms with Gasteiger partial charge in [-0.15, -0.1) is 5.10 Å². The van der Waals surface area contributed by atoms with Gasteiger partial charge in [-0.05, 0) is 62.8 Å². The van der Waals surface area contributed by atoms with Crippen LogP contribution in [-0.2, 0) is 30.4 Å². The average Bonchev–Trinajstić information content (AvgIpc) is 3.45. The van der Waals surface area contributed by atoms with Crippen molar-refractivity contribution in [3.05, 3.63) is 41.7 Å². The summed E-state index contributed by atoms with van der Waals surface area (Å²) in [5, 5.41) is 38.7. The number of nitrogens with one attached hydrogen (secondary N) is 1. The van der Waals surface area contributed by atoms with Crippen LogP contribution in [0.5, 0.6) is 0 Å². The largest absolute Gasteiger partial charge is 0.481 e. The molecule has 0 saturated carbocycles. The van der Waals surface area contributed by atoms with Gasteiger partial charge in [0.2, 0.25) is 11.8 Å². The number of unbranched alkanes of at least 4 members (excludes halogenated alkanes) is 1. The highest BCUT2D eigenvalue weighted by atomic mass is 19.1. The number of barbiturate groups is 1. The maximum Gasteiger partial charge on any atom is 0.335 e. The fourth-order valence-electron chi connectivity index (χ4n) is 4.55. The zero-order valence-corrected chi connectivity index (χ0v) is 23.4. The molecule has 0 aliphatic carbocycles. The van der Waals surface area contributed by atoms with Crippen molar-refractivity contribution in [2.24, 2.45) is 0 Å². The first kappa shape index (κ1) is 33.3. The van der Waals surface area contributed by atoms with Crippen LogP contribution in [0, 0.1) is 0 Å². The van der Waals surface area contributed by atoms with Gasteiger partial charge in [0.05, 0.1) is 24.3 Å². The summed E-state index contributed by atoms with van der Waals surface area (Å²) in [6, 6.07) is 1.35. The maximum atomic E-state index is 13.0. The second-order valence-corrected chi connectivity index (χ2v) is 9.87. The summed E-state index contributed by atoms with van der Waals surface area (Å²) < 4.78 is 13.9. The first-order valence-electron chi connectivity index (χ1n) is 13.7. The smallest absolute Gasteiger partial charge is 0.335 e. The normalized spacial score (nSPS) is 14.8. The highest BCUT2D eigenvalue weighted by Crippen LogP contribution is 2.23. The highest BCUT2D eigenvalue weighted by molar-refractivity contribution is 6.16. The molecule has 16 nitrogen and oxygen atoms in total. The van der Waals surface area contributed by atoms with Gasteiger partial charge in [-0.25, -0.2) is 28.9 Å². The Hall–Kier alpha value is -5.22. The number of aliphatic carboxylic acids is 3. The molecule has 4 N–H and O–H groups in total. The number of carbonyl (C=O) groups is 7. The Balaban J connectivity index is 1.55. The van der Waals surface area contributed by atoms with E-state index < -0.39 is 79.7 Å². The van der Waals surface area contributed by atoms with Crippen LogP contribution in [0.15, 0.2) is 30.5 Å². The van der Waals surface area contributed by atoms with Crippen molar-refractivity contribution in [3.63, 3.8) is 0 Å². The van der Waals surface area contributed by atoms with Crippen LogP contribution in [0.3, 0.4) is 0 Å². The minimum absolute atomic E-state index is 0.122. The van der Waals surface area contributed by atoms with Crippen LogP contribution >= 0.6 is 0 Å². The Kier molecular flexibility index (Phi) is 11.6. The Bertz CT molecular complexity index is 1410. The molecular formula is C27H31FN6O10. The summed E-state index contributed by atoms with van der Waals surface area (Å²) in [5.74, 6) is -7.33. The van der Waals surface area contributed by atoms with Crippen LogP contribution in [0.2, 0.25) is 0 Å². The second kappa shape index (κ2) is 15.3. The number of carboxylic acids is 3. The molecule has 0 spiro atoms. The summed E-state index contributed by atoms with van der Waals surface area (Å²) in [7, 11) is 0. The van der Waals surface area contributed by atoms with Crippen LogP contribution < -0.4 is 5.32 Å². The number of nitrogens with zero attached hydrogens (tertiary/aromatic N) is 5. The first-order chi connectivity index (χ1) is 20.9. The van der Waals surface area contributed by atoms with E-state index in [1.807, 2.05) is 0 Å². The molecule has 1 aliphatic rings. The van der Waals surface area contributed by atoms with Gasteiger partial charge < -0.3 is 20.6 Å². The number of benzene rings is 1. The quantitative estimate of drug-likeness (QED) is 0.144. The predicted molar refractivity (Wildman–Crippen MR) is 145 cm³/mol. The lowest BCUT2D eigenvalue weighted by atomic mass is 10.0. The fourth-order valence-corrected chi connectivity index (χ4v) is 4.55. The molecule has 1 aliphatic heterocycles. The molecule has 236 valence electrons. The van der Waals surface area contributed by atoms with Gasteiger partial charge in [0.15, 0.2) is 0 Å². The van der Waals surface area contributed by atoms with Gasteiger partial charge in [0.25, 0.3) is 5.91 Å². The molecule has 3 rings (SSSR count). The molecular weight excluding hydrogens is 587 g/mol. The van der Waals surface area contributed by atoms with E-state index in [1.54, 1.807) is 30.5 Å². The van der Waals surface area contributed by atoms with E-state index in [1.165, 1.54) is 4.68 Å². The van der Waals surface area contributed by atoms with Crippen molar-refractivity contribution in [3.8, 4) is 5.69 Å². The van der Waals surface area contributed by atoms with E-state index in [9.17, 15) is 48.2 Å². The number of aryl methyl sites for hydroxylation is 1. The van der Waals surface area contributed by atoms with Crippen molar-refractivity contribution in [1.29, 1.82) is 0 Å². The number of hydrogen-bond donors (Lipinski definition) is 4. The summed E-state index contributed by atoms with van der Waals surface area (Å²) in [6.45, 7) is -0.335. The number of amides is 5. The van der Waals surface area contributed by atoms with Crippen LogP contribution in [0.25, 0.3) is 5.69 Å². The monoisotopic (exact) mass is 618 g/mol. The molecule has 1 fully saturated rings. The molecule has 1 unspecified atom stereocenters. The van der Waals surface area contributed by atoms with E-state index >= 15 is 0 Å². The molecule has 1 aromatic heterocycles. The third kappa shape index (κ3) is 8.42. The average molecular weight is 619 g/mol. The van der Waals surface area contributed by atoms with Crippen molar-refractivity contribution < 1.29 is 53.3 Å². The van der Waals surface area contributed by atoms with Crippen LogP contribution in [-0.4, -0.2) is 107 Å². The van der Waals surface area contributed by atoms with Crippen LogP contribution in [0.4, 0.5) is 9.18 Å². The van der Waals surface area contributed by atoms with Crippen molar-refractivity contribution >= 4 is 41.7 Å². The lowest BCUT2D eigenvalue weighted by Gasteiger charge is -2.38. The van der Waals surface area contributed by atoms with E-state index in [0.717, 1.165) is 0 Å². The van der Waals surface area contributed by atoms with Gasteiger partial charge in [-0.3, -0.25) is 23.6 Å². The second-order valence-electron chi connectivity index (χ2n) is 9.87. The number of halogens is 1. The maximum absolute atomic E-state index is 13.0. The molecule has 2 heterocycles. The highest BCUT2D eigenvalue weighted by Gasteiger charge is 2.48. The topological polar surface area (TPSA) is 229 Å². The number of urea groups is 1. The molecule has 1 aromatic carbocycles. The van der Waals surface area contributed by atoms with E-state index in [2.05, 4.69) is 15.6 Å². The van der Waals surface area contributed by atoms with Crippen molar-refractivity contribution in [1.82, 2.24) is 30.1 Å². The van der Waals surface area contributed by atoms with Crippen LogP contribution in [0.1, 0.15) is 61.0 Å². The summed E-state index contributed by atoms with van der Waals surface area (Å²) >= 11 is 0. The summed E-state index contributed by atoms with van der Waals surface area (Å²) in [5.41, 5.74) is 1.61. The Morgan fingerprint density at radius 2 is 1.50 bits per heavy atom. The summed E-state index contributed by atoms with van der Waals surface area (Å²) in [4.78, 5) is 85.6. The number of carboxylic acid groups (broad SMARTS) is 3. The Morgan fingerprint density at radius 3 is 2.07 bits per heavy atom. The van der Waals surface area contributed by atoms with Gasteiger partial charge in [-0.1, -0.05) is 5.21 Å². The molecule has 0 bridgehead atoms. The minimum Gasteiger partial charge on any atom is -0.481 e. The van der Waals surface area contributed by atoms with Gasteiger partial charge in [0.1, 0.15) is 18.5 Å². The SMILES string of the molecule is O=C(O)CC[C@@H](C(=O)O)N1C(=O)CC(=O)N(C(CCCCNC(=O)c2ccc(-n3cc(CCCF)nn3)cc2)C(=O)O)C1=O. The molecule has 2 atom stereocenters. The Morgan fingerprint density at radius 1 is 0.886 bits per heavy atom. The van der Waals surface area contributed by atoms with Gasteiger partial charge >= 0.3 is 23.9 Å². The lowest BCUT2D eigenvalue weighted by molar-refractivity contribution is -0.158. The number of alkyl halides is 1. The fraction of sp³-hybridized carbons (Fsp3) is 0.444. The van der Waals surface area contributed by atoms with E-state index in [-0.39, 0.29) is 30.7 Å². The predicted octanol–water partition coefficient (Wildman–Crippen LogP) is 1.02. The number of rotatable bonds is 17. The molecule has 44 heavy (non-hydrogen) atoms. The number of hydrogen-bond acceptors (Lipinski definition) is 9. The third-order valence-electron chi connectivity index (χ3n) is 6.77. The van der Waals surface area contributed by atoms with Gasteiger partial charge in [-0.2, -0.15) is 0 Å². The Labute approximate surface area is 249 Å². The molecule has 2 aromatic rings. The zero-order chi connectivity index (χ0) is 32.4. The first-order valence-corrected chi connectivity index (χ1v) is 13.7. The van der Waals surface area contributed by atoms with Crippen molar-refractivity contribution in [2.45, 2.75) is 63.5 Å². The third-order valence-corrected chi connectivity index (χ3v) is 6.77. The lowest BCUT2D eigenvalue weighted by Crippen LogP contribution is -2.63. The minimum atomic E-state index is -1.90. The molecule has 0 radical (unpaired) electrons. The molecule has 1 saturated heterocycles. The summed E-state index contributed by atoms with van der Waals surface area (Å²) in [6.07, 6.45) is 0.302. The number of carbonyl (C=O) groups excluding carboxylic acids is 4. The number of aromatic nitrogens is 3. The van der Waals surface area contributed by atoms with Crippen molar-refractivity contribution in [2.75, 3.05) is 13.2 Å². The van der Waals surface area contributed by atoms with E-state index in [4.69, 9.17) is 5.11 Å².